The number of oxime groups is 1. The number of nitrogens with zero attached hydrogens (tertiary/aromatic N) is 1. The van der Waals surface area contributed by atoms with Crippen molar-refractivity contribution < 1.29 is 9.60 Å². The fourth-order valence-electron chi connectivity index (χ4n) is 2.08. The Morgan fingerprint density at radius 3 is 2.83 bits per heavy atom. The molecule has 0 amide bonds. The van der Waals surface area contributed by atoms with Gasteiger partial charge in [-0.15, -0.1) is 0 Å². The molecule has 2 rings (SSSR count). The first-order chi connectivity index (χ1) is 8.69. The molecule has 4 nitrogen and oxygen atoms in total. The lowest BCUT2D eigenvalue weighted by Gasteiger charge is -2.25. The lowest BCUT2D eigenvalue weighted by molar-refractivity contribution is 0.301. The normalized spacial score (nSPS) is 16.6. The summed E-state index contributed by atoms with van der Waals surface area (Å²) in [6.07, 6.45) is 3.89. The zero-order valence-corrected chi connectivity index (χ0v) is 10.2. The van der Waals surface area contributed by atoms with Gasteiger partial charge in [-0.05, 0) is 49.1 Å². The Morgan fingerprint density at radius 2 is 2.22 bits per heavy atom. The predicted octanol–water partition coefficient (Wildman–Crippen LogP) is 1.81. The molecule has 1 aromatic carbocycles. The van der Waals surface area contributed by atoms with E-state index in [0.717, 1.165) is 18.0 Å². The highest BCUT2D eigenvalue weighted by molar-refractivity contribution is 5.97. The first-order valence-corrected chi connectivity index (χ1v) is 6.17. The number of rotatable bonds is 5. The molecule has 0 atom stereocenters. The van der Waals surface area contributed by atoms with Crippen molar-refractivity contribution in [2.75, 3.05) is 6.54 Å². The third-order valence-corrected chi connectivity index (χ3v) is 3.35. The summed E-state index contributed by atoms with van der Waals surface area (Å²) < 4.78 is 13.4. The van der Waals surface area contributed by atoms with E-state index in [1.165, 1.54) is 31.4 Å². The van der Waals surface area contributed by atoms with Crippen LogP contribution < -0.4 is 11.1 Å². The molecule has 1 aromatic rings. The number of hydrogen-bond acceptors (Lipinski definition) is 3. The molecule has 0 aromatic heterocycles. The van der Waals surface area contributed by atoms with Gasteiger partial charge in [-0.25, -0.2) is 4.39 Å². The first-order valence-electron chi connectivity index (χ1n) is 6.17. The molecule has 0 aliphatic heterocycles. The van der Waals surface area contributed by atoms with Crippen LogP contribution >= 0.6 is 0 Å². The molecule has 4 N–H and O–H groups in total. The van der Waals surface area contributed by atoms with Gasteiger partial charge in [0.05, 0.1) is 0 Å². The minimum Gasteiger partial charge on any atom is -0.409 e. The molecule has 98 valence electrons. The second-order valence-corrected chi connectivity index (χ2v) is 4.76. The van der Waals surface area contributed by atoms with Crippen LogP contribution in [0.2, 0.25) is 0 Å². The first kappa shape index (κ1) is 12.8. The third kappa shape index (κ3) is 3.20. The molecule has 0 unspecified atom stereocenters. The van der Waals surface area contributed by atoms with Gasteiger partial charge in [0.2, 0.25) is 0 Å². The van der Waals surface area contributed by atoms with Gasteiger partial charge in [0.1, 0.15) is 5.82 Å². The van der Waals surface area contributed by atoms with Gasteiger partial charge in [0.15, 0.2) is 5.84 Å². The van der Waals surface area contributed by atoms with Gasteiger partial charge in [-0.2, -0.15) is 0 Å². The van der Waals surface area contributed by atoms with E-state index in [1.807, 2.05) is 0 Å². The SMILES string of the molecule is N/C(=N/O)c1cc(F)cc(CNCC2CCC2)c1. The quantitative estimate of drug-likeness (QED) is 0.323. The fraction of sp³-hybridized carbons (Fsp3) is 0.462. The maximum atomic E-state index is 13.4. The summed E-state index contributed by atoms with van der Waals surface area (Å²) in [6.45, 7) is 1.56. The highest BCUT2D eigenvalue weighted by Crippen LogP contribution is 2.25. The smallest absolute Gasteiger partial charge is 0.170 e. The molecule has 1 saturated carbocycles. The third-order valence-electron chi connectivity index (χ3n) is 3.35. The fourth-order valence-corrected chi connectivity index (χ4v) is 2.08. The molecule has 18 heavy (non-hydrogen) atoms. The van der Waals surface area contributed by atoms with Crippen LogP contribution in [0.1, 0.15) is 30.4 Å². The molecule has 0 bridgehead atoms. The van der Waals surface area contributed by atoms with Gasteiger partial charge in [-0.1, -0.05) is 11.6 Å². The molecule has 5 heteroatoms. The van der Waals surface area contributed by atoms with Crippen molar-refractivity contribution in [3.8, 4) is 0 Å². The summed E-state index contributed by atoms with van der Waals surface area (Å²) in [5.74, 6) is 0.316. The van der Waals surface area contributed by atoms with Crippen molar-refractivity contribution in [3.63, 3.8) is 0 Å². The van der Waals surface area contributed by atoms with Crippen molar-refractivity contribution in [2.45, 2.75) is 25.8 Å². The number of hydrogen-bond donors (Lipinski definition) is 3. The molecule has 1 fully saturated rings. The number of halogens is 1. The lowest BCUT2D eigenvalue weighted by atomic mass is 9.85. The van der Waals surface area contributed by atoms with E-state index < -0.39 is 0 Å². The van der Waals surface area contributed by atoms with Gasteiger partial charge in [0, 0.05) is 12.1 Å². The lowest BCUT2D eigenvalue weighted by Crippen LogP contribution is -2.27. The van der Waals surface area contributed by atoms with Gasteiger partial charge in [-0.3, -0.25) is 0 Å². The maximum absolute atomic E-state index is 13.4. The summed E-state index contributed by atoms with van der Waals surface area (Å²) in [5.41, 5.74) is 6.66. The average molecular weight is 251 g/mol. The monoisotopic (exact) mass is 251 g/mol. The number of nitrogens with two attached hydrogens (primary N) is 1. The van der Waals surface area contributed by atoms with Crippen LogP contribution in [0.5, 0.6) is 0 Å². The number of benzene rings is 1. The molecule has 0 heterocycles. The number of amidine groups is 1. The van der Waals surface area contributed by atoms with Gasteiger partial charge >= 0.3 is 0 Å². The molecule has 0 spiro atoms. The summed E-state index contributed by atoms with van der Waals surface area (Å²) in [6, 6.07) is 4.44. The summed E-state index contributed by atoms with van der Waals surface area (Å²) in [4.78, 5) is 0. The van der Waals surface area contributed by atoms with Crippen molar-refractivity contribution in [1.82, 2.24) is 5.32 Å². The number of nitrogens with one attached hydrogen (secondary N) is 1. The summed E-state index contributed by atoms with van der Waals surface area (Å²) in [5, 5.41) is 14.8. The Balaban J connectivity index is 1.96. The Bertz CT molecular complexity index is 444. The van der Waals surface area contributed by atoms with Crippen molar-refractivity contribution >= 4 is 5.84 Å². The Kier molecular flexibility index (Phi) is 4.15. The summed E-state index contributed by atoms with van der Waals surface area (Å²) in [7, 11) is 0. The van der Waals surface area contributed by atoms with Crippen molar-refractivity contribution in [1.29, 1.82) is 0 Å². The Labute approximate surface area is 106 Å². The molecule has 0 radical (unpaired) electrons. The summed E-state index contributed by atoms with van der Waals surface area (Å²) >= 11 is 0. The Morgan fingerprint density at radius 1 is 1.44 bits per heavy atom. The predicted molar refractivity (Wildman–Crippen MR) is 68.0 cm³/mol. The van der Waals surface area contributed by atoms with Crippen LogP contribution in [0.15, 0.2) is 23.4 Å². The van der Waals surface area contributed by atoms with Gasteiger partial charge < -0.3 is 16.3 Å². The topological polar surface area (TPSA) is 70.6 Å². The minimum atomic E-state index is -0.375. The van der Waals surface area contributed by atoms with Gasteiger partial charge in [0.25, 0.3) is 0 Å². The minimum absolute atomic E-state index is 0.0743. The highest BCUT2D eigenvalue weighted by Gasteiger charge is 2.16. The molecule has 1 aliphatic rings. The van der Waals surface area contributed by atoms with Crippen LogP contribution in [-0.2, 0) is 6.54 Å². The molecule has 1 aliphatic carbocycles. The van der Waals surface area contributed by atoms with Crippen LogP contribution in [0.3, 0.4) is 0 Å². The second-order valence-electron chi connectivity index (χ2n) is 4.76. The highest BCUT2D eigenvalue weighted by atomic mass is 19.1. The van der Waals surface area contributed by atoms with E-state index in [9.17, 15) is 4.39 Å². The van der Waals surface area contributed by atoms with E-state index >= 15 is 0 Å². The molecular formula is C13H18FN3O. The van der Waals surface area contributed by atoms with Crippen molar-refractivity contribution in [3.05, 3.63) is 35.1 Å². The second kappa shape index (κ2) is 5.82. The van der Waals surface area contributed by atoms with Crippen molar-refractivity contribution in [2.24, 2.45) is 16.8 Å². The van der Waals surface area contributed by atoms with E-state index in [1.54, 1.807) is 6.07 Å². The average Bonchev–Trinajstić information content (AvgIpc) is 2.30. The van der Waals surface area contributed by atoms with E-state index in [2.05, 4.69) is 10.5 Å². The largest absolute Gasteiger partial charge is 0.409 e. The standard InChI is InChI=1S/C13H18FN3O/c14-12-5-10(4-11(6-12)13(15)17-18)8-16-7-9-2-1-3-9/h4-6,9,16,18H,1-3,7-8H2,(H2,15,17). The molecular weight excluding hydrogens is 233 g/mol. The zero-order valence-electron chi connectivity index (χ0n) is 10.2. The van der Waals surface area contributed by atoms with Crippen LogP contribution in [-0.4, -0.2) is 17.6 Å². The van der Waals surface area contributed by atoms with Crippen LogP contribution in [0, 0.1) is 11.7 Å². The van der Waals surface area contributed by atoms with E-state index in [-0.39, 0.29) is 11.7 Å². The van der Waals surface area contributed by atoms with E-state index in [4.69, 9.17) is 10.9 Å². The van der Waals surface area contributed by atoms with Crippen LogP contribution in [0.25, 0.3) is 0 Å². The molecule has 0 saturated heterocycles. The Hall–Kier alpha value is -1.62. The van der Waals surface area contributed by atoms with Crippen LogP contribution in [0.4, 0.5) is 4.39 Å². The zero-order chi connectivity index (χ0) is 13.0. The maximum Gasteiger partial charge on any atom is 0.170 e. The van der Waals surface area contributed by atoms with E-state index in [0.29, 0.717) is 12.1 Å².